The Balaban J connectivity index is 2.31. The molecule has 0 radical (unpaired) electrons. The van der Waals surface area contributed by atoms with Crippen molar-refractivity contribution in [2.75, 3.05) is 30.9 Å². The first-order valence-electron chi connectivity index (χ1n) is 5.46. The molecule has 0 aliphatic carbocycles. The van der Waals surface area contributed by atoms with Gasteiger partial charge in [-0.15, -0.1) is 11.3 Å². The van der Waals surface area contributed by atoms with Gasteiger partial charge in [-0.3, -0.25) is 0 Å². The molecule has 0 amide bonds. The van der Waals surface area contributed by atoms with Crippen LogP contribution in [0.3, 0.4) is 0 Å². The zero-order valence-corrected chi connectivity index (χ0v) is 12.1. The number of hydrogen-bond donors (Lipinski definition) is 1. The van der Waals surface area contributed by atoms with Crippen LogP contribution < -0.4 is 10.2 Å². The maximum atomic E-state index is 4.56. The lowest BCUT2D eigenvalue weighted by Crippen LogP contribution is -2.07. The van der Waals surface area contributed by atoms with Crippen LogP contribution in [0.1, 0.15) is 12.6 Å². The number of anilines is 2. The zero-order valence-electron chi connectivity index (χ0n) is 10.4. The van der Waals surface area contributed by atoms with E-state index in [-0.39, 0.29) is 0 Å². The second-order valence-electron chi connectivity index (χ2n) is 3.87. The maximum Gasteiger partial charge on any atom is 0.185 e. The summed E-state index contributed by atoms with van der Waals surface area (Å²) >= 11 is 3.32. The Kier molecular flexibility index (Phi) is 3.63. The second kappa shape index (κ2) is 5.01. The van der Waals surface area contributed by atoms with E-state index in [0.29, 0.717) is 0 Å². The first-order valence-corrected chi connectivity index (χ1v) is 7.16. The highest BCUT2D eigenvalue weighted by Crippen LogP contribution is 2.35. The highest BCUT2D eigenvalue weighted by molar-refractivity contribution is 7.19. The lowest BCUT2D eigenvalue weighted by molar-refractivity contribution is 1.09. The minimum atomic E-state index is 0.900. The zero-order chi connectivity index (χ0) is 12.4. The summed E-state index contributed by atoms with van der Waals surface area (Å²) in [6, 6.07) is 0. The van der Waals surface area contributed by atoms with Crippen LogP contribution >= 0.6 is 22.7 Å². The van der Waals surface area contributed by atoms with Crippen molar-refractivity contribution in [2.24, 2.45) is 0 Å². The smallest absolute Gasteiger partial charge is 0.185 e. The van der Waals surface area contributed by atoms with Crippen LogP contribution in [0.15, 0.2) is 5.38 Å². The van der Waals surface area contributed by atoms with Crippen LogP contribution in [0.25, 0.3) is 10.6 Å². The van der Waals surface area contributed by atoms with Gasteiger partial charge in [-0.05, 0) is 13.8 Å². The summed E-state index contributed by atoms with van der Waals surface area (Å²) in [7, 11) is 4.01. The predicted octanol–water partition coefficient (Wildman–Crippen LogP) is 3.07. The number of nitrogens with one attached hydrogen (secondary N) is 1. The SMILES string of the molecule is CCNc1nc(-c2sc(N(C)C)nc2C)cs1. The molecule has 2 aromatic rings. The van der Waals surface area contributed by atoms with E-state index in [2.05, 4.69) is 27.6 Å². The Hall–Kier alpha value is -1.14. The molecule has 1 N–H and O–H groups in total. The van der Waals surface area contributed by atoms with Crippen LogP contribution in [0.5, 0.6) is 0 Å². The van der Waals surface area contributed by atoms with Gasteiger partial charge in [0.15, 0.2) is 10.3 Å². The molecule has 0 aliphatic rings. The van der Waals surface area contributed by atoms with Crippen LogP contribution in [0.2, 0.25) is 0 Å². The minimum Gasteiger partial charge on any atom is -0.362 e. The van der Waals surface area contributed by atoms with E-state index in [0.717, 1.165) is 33.1 Å². The molecule has 0 atom stereocenters. The van der Waals surface area contributed by atoms with E-state index >= 15 is 0 Å². The van der Waals surface area contributed by atoms with Gasteiger partial charge in [0.05, 0.1) is 16.3 Å². The summed E-state index contributed by atoms with van der Waals surface area (Å²) in [5, 5.41) is 7.31. The summed E-state index contributed by atoms with van der Waals surface area (Å²) in [6.45, 7) is 5.01. The van der Waals surface area contributed by atoms with Gasteiger partial charge in [-0.25, -0.2) is 9.97 Å². The molecule has 0 spiro atoms. The molecule has 0 bridgehead atoms. The number of rotatable bonds is 4. The third-order valence-corrected chi connectivity index (χ3v) is 4.38. The fourth-order valence-corrected chi connectivity index (χ4v) is 3.22. The third-order valence-electron chi connectivity index (χ3n) is 2.23. The molecule has 2 heterocycles. The van der Waals surface area contributed by atoms with Crippen molar-refractivity contribution >= 4 is 32.9 Å². The van der Waals surface area contributed by atoms with E-state index in [9.17, 15) is 0 Å². The monoisotopic (exact) mass is 268 g/mol. The molecule has 92 valence electrons. The van der Waals surface area contributed by atoms with Crippen LogP contribution in [-0.4, -0.2) is 30.6 Å². The Labute approximate surface area is 109 Å². The number of aryl methyl sites for hydroxylation is 1. The van der Waals surface area contributed by atoms with E-state index in [4.69, 9.17) is 0 Å². The van der Waals surface area contributed by atoms with E-state index in [1.165, 1.54) is 0 Å². The summed E-state index contributed by atoms with van der Waals surface area (Å²) in [5.74, 6) is 0. The lowest BCUT2D eigenvalue weighted by atomic mass is 10.3. The number of aromatic nitrogens is 2. The standard InChI is InChI=1S/C11H16N4S2/c1-5-12-10-14-8(6-16-10)9-7(2)13-11(17-9)15(3)4/h6H,5H2,1-4H3,(H,12,14). The van der Waals surface area contributed by atoms with Crippen molar-refractivity contribution in [3.05, 3.63) is 11.1 Å². The van der Waals surface area contributed by atoms with Gasteiger partial charge in [0, 0.05) is 26.0 Å². The van der Waals surface area contributed by atoms with Crippen molar-refractivity contribution in [3.8, 4) is 10.6 Å². The topological polar surface area (TPSA) is 41.1 Å². The Morgan fingerprint density at radius 3 is 2.71 bits per heavy atom. The highest BCUT2D eigenvalue weighted by Gasteiger charge is 2.13. The molecular formula is C11H16N4S2. The fraction of sp³-hybridized carbons (Fsp3) is 0.455. The summed E-state index contributed by atoms with van der Waals surface area (Å²) in [6.07, 6.45) is 0. The molecule has 0 saturated heterocycles. The van der Waals surface area contributed by atoms with Crippen molar-refractivity contribution < 1.29 is 0 Å². The third kappa shape index (κ3) is 2.58. The summed E-state index contributed by atoms with van der Waals surface area (Å²) in [5.41, 5.74) is 2.07. The second-order valence-corrected chi connectivity index (χ2v) is 5.71. The fourth-order valence-electron chi connectivity index (χ4n) is 1.42. The molecular weight excluding hydrogens is 252 g/mol. The number of nitrogens with zero attached hydrogens (tertiary/aromatic N) is 3. The van der Waals surface area contributed by atoms with Crippen LogP contribution in [-0.2, 0) is 0 Å². The molecule has 0 aliphatic heterocycles. The quantitative estimate of drug-likeness (QED) is 0.925. The number of thiazole rings is 2. The molecule has 4 nitrogen and oxygen atoms in total. The Morgan fingerprint density at radius 2 is 2.12 bits per heavy atom. The molecule has 2 rings (SSSR count). The average molecular weight is 268 g/mol. The van der Waals surface area contributed by atoms with Crippen molar-refractivity contribution in [1.29, 1.82) is 0 Å². The lowest BCUT2D eigenvalue weighted by Gasteiger charge is -2.04. The normalized spacial score (nSPS) is 10.6. The van der Waals surface area contributed by atoms with E-state index < -0.39 is 0 Å². The molecule has 0 aromatic carbocycles. The molecule has 0 fully saturated rings. The van der Waals surface area contributed by atoms with Gasteiger partial charge >= 0.3 is 0 Å². The van der Waals surface area contributed by atoms with Gasteiger partial charge < -0.3 is 10.2 Å². The maximum absolute atomic E-state index is 4.56. The van der Waals surface area contributed by atoms with Gasteiger partial charge in [-0.1, -0.05) is 11.3 Å². The van der Waals surface area contributed by atoms with Gasteiger partial charge in [0.25, 0.3) is 0 Å². The molecule has 2 aromatic heterocycles. The molecule has 0 saturated carbocycles. The molecule has 6 heteroatoms. The molecule has 0 unspecified atom stereocenters. The minimum absolute atomic E-state index is 0.900. The van der Waals surface area contributed by atoms with E-state index in [1.54, 1.807) is 22.7 Å². The summed E-state index contributed by atoms with van der Waals surface area (Å²) in [4.78, 5) is 12.3. The Bertz CT molecular complexity index is 501. The van der Waals surface area contributed by atoms with Gasteiger partial charge in [0.1, 0.15) is 0 Å². The average Bonchev–Trinajstić information content (AvgIpc) is 2.85. The first-order chi connectivity index (χ1) is 8.11. The largest absolute Gasteiger partial charge is 0.362 e. The first kappa shape index (κ1) is 12.3. The van der Waals surface area contributed by atoms with Crippen LogP contribution in [0.4, 0.5) is 10.3 Å². The molecule has 17 heavy (non-hydrogen) atoms. The van der Waals surface area contributed by atoms with Crippen LogP contribution in [0, 0.1) is 6.92 Å². The Morgan fingerprint density at radius 1 is 1.35 bits per heavy atom. The van der Waals surface area contributed by atoms with E-state index in [1.807, 2.05) is 25.9 Å². The van der Waals surface area contributed by atoms with Crippen molar-refractivity contribution in [1.82, 2.24) is 9.97 Å². The van der Waals surface area contributed by atoms with Crippen molar-refractivity contribution in [2.45, 2.75) is 13.8 Å². The van der Waals surface area contributed by atoms with Crippen molar-refractivity contribution in [3.63, 3.8) is 0 Å². The highest BCUT2D eigenvalue weighted by atomic mass is 32.1. The number of hydrogen-bond acceptors (Lipinski definition) is 6. The summed E-state index contributed by atoms with van der Waals surface area (Å²) < 4.78 is 0. The van der Waals surface area contributed by atoms with Gasteiger partial charge in [-0.2, -0.15) is 0 Å². The predicted molar refractivity (Wildman–Crippen MR) is 76.4 cm³/mol. The van der Waals surface area contributed by atoms with Gasteiger partial charge in [0.2, 0.25) is 0 Å².